The Morgan fingerprint density at radius 2 is 2.00 bits per heavy atom. The van der Waals surface area contributed by atoms with E-state index < -0.39 is 14.6 Å². The highest BCUT2D eigenvalue weighted by atomic mass is 32.2. The van der Waals surface area contributed by atoms with Crippen molar-refractivity contribution in [1.29, 1.82) is 0 Å². The summed E-state index contributed by atoms with van der Waals surface area (Å²) >= 11 is 0. The minimum absolute atomic E-state index is 0.110. The summed E-state index contributed by atoms with van der Waals surface area (Å²) in [6.45, 7) is 3.76. The number of carbonyl (C=O) groups is 1. The molecule has 2 rings (SSSR count). The number of rotatable bonds is 6. The van der Waals surface area contributed by atoms with Crippen LogP contribution < -0.4 is 5.32 Å². The Labute approximate surface area is 130 Å². The van der Waals surface area contributed by atoms with E-state index in [9.17, 15) is 13.2 Å². The van der Waals surface area contributed by atoms with E-state index >= 15 is 0 Å². The highest BCUT2D eigenvalue weighted by Crippen LogP contribution is 2.24. The van der Waals surface area contributed by atoms with Gasteiger partial charge >= 0.3 is 0 Å². The molecule has 1 aromatic carbocycles. The van der Waals surface area contributed by atoms with E-state index in [0.29, 0.717) is 18.4 Å². The van der Waals surface area contributed by atoms with Gasteiger partial charge in [0.2, 0.25) is 0 Å². The standard InChI is InChI=1S/C15H21N3O3S/c1-4-15(5-2,22(3,20)21)9-16-14(19)11-6-7-12-13(8-11)18-10-17-12/h6-8,10H,4-5,9H2,1-3H3,(H,16,19)(H,17,18). The SMILES string of the molecule is CCC(CC)(CNC(=O)c1ccc2nc[nH]c2c1)S(C)(=O)=O. The number of nitrogens with zero attached hydrogens (tertiary/aromatic N) is 1. The first-order valence-electron chi connectivity index (χ1n) is 7.24. The van der Waals surface area contributed by atoms with E-state index in [4.69, 9.17) is 0 Å². The van der Waals surface area contributed by atoms with E-state index in [0.717, 1.165) is 11.0 Å². The maximum Gasteiger partial charge on any atom is 0.251 e. The molecule has 1 aromatic heterocycles. The predicted octanol–water partition coefficient (Wildman–Crippen LogP) is 1.90. The van der Waals surface area contributed by atoms with E-state index in [1.165, 1.54) is 6.26 Å². The van der Waals surface area contributed by atoms with Gasteiger partial charge in [-0.25, -0.2) is 13.4 Å². The van der Waals surface area contributed by atoms with Crippen molar-refractivity contribution in [2.45, 2.75) is 31.4 Å². The summed E-state index contributed by atoms with van der Waals surface area (Å²) in [6, 6.07) is 5.14. The molecule has 0 saturated heterocycles. The van der Waals surface area contributed by atoms with Gasteiger partial charge in [-0.3, -0.25) is 4.79 Å². The Bertz CT molecular complexity index is 776. The molecular formula is C15H21N3O3S. The molecule has 0 aliphatic carbocycles. The highest BCUT2D eigenvalue weighted by molar-refractivity contribution is 7.92. The van der Waals surface area contributed by atoms with Crippen molar-refractivity contribution in [2.75, 3.05) is 12.8 Å². The molecular weight excluding hydrogens is 302 g/mol. The van der Waals surface area contributed by atoms with Crippen LogP contribution in [0.4, 0.5) is 0 Å². The lowest BCUT2D eigenvalue weighted by molar-refractivity contribution is 0.0948. The molecule has 1 amide bonds. The van der Waals surface area contributed by atoms with Gasteiger partial charge in [0.25, 0.3) is 5.91 Å². The number of amides is 1. The molecule has 0 radical (unpaired) electrons. The molecule has 0 aliphatic rings. The van der Waals surface area contributed by atoms with Crippen molar-refractivity contribution >= 4 is 26.8 Å². The number of benzene rings is 1. The largest absolute Gasteiger partial charge is 0.350 e. The average Bonchev–Trinajstić information content (AvgIpc) is 2.94. The van der Waals surface area contributed by atoms with Crippen LogP contribution in [0.5, 0.6) is 0 Å². The second-order valence-electron chi connectivity index (χ2n) is 5.48. The Morgan fingerprint density at radius 1 is 1.32 bits per heavy atom. The number of H-pyrrole nitrogens is 1. The Kier molecular flexibility index (Phi) is 4.55. The van der Waals surface area contributed by atoms with E-state index in [1.54, 1.807) is 24.5 Å². The van der Waals surface area contributed by atoms with Crippen LogP contribution in [0.25, 0.3) is 11.0 Å². The zero-order valence-electron chi connectivity index (χ0n) is 13.0. The molecule has 2 aromatic rings. The summed E-state index contributed by atoms with van der Waals surface area (Å²) in [5.74, 6) is -0.286. The molecule has 0 bridgehead atoms. The summed E-state index contributed by atoms with van der Waals surface area (Å²) in [5, 5.41) is 2.75. The quantitative estimate of drug-likeness (QED) is 0.849. The Hall–Kier alpha value is -1.89. The highest BCUT2D eigenvalue weighted by Gasteiger charge is 2.37. The van der Waals surface area contributed by atoms with Gasteiger partial charge in [0.05, 0.1) is 22.1 Å². The molecule has 6 nitrogen and oxygen atoms in total. The van der Waals surface area contributed by atoms with Gasteiger partial charge in [-0.2, -0.15) is 0 Å². The lowest BCUT2D eigenvalue weighted by atomic mass is 10.0. The Morgan fingerprint density at radius 3 is 2.59 bits per heavy atom. The van der Waals surface area contributed by atoms with Gasteiger partial charge in [0, 0.05) is 18.4 Å². The molecule has 0 atom stereocenters. The molecule has 0 saturated carbocycles. The smallest absolute Gasteiger partial charge is 0.251 e. The number of aromatic amines is 1. The van der Waals surface area contributed by atoms with Crippen molar-refractivity contribution in [3.8, 4) is 0 Å². The third kappa shape index (κ3) is 2.99. The van der Waals surface area contributed by atoms with E-state index in [1.807, 2.05) is 13.8 Å². The van der Waals surface area contributed by atoms with Crippen LogP contribution in [0.2, 0.25) is 0 Å². The number of carbonyl (C=O) groups excluding carboxylic acids is 1. The third-order valence-electron chi connectivity index (χ3n) is 4.33. The number of imidazole rings is 1. The molecule has 0 unspecified atom stereocenters. The summed E-state index contributed by atoms with van der Waals surface area (Å²) < 4.78 is 23.2. The zero-order chi connectivity index (χ0) is 16.4. The van der Waals surface area contributed by atoms with Gasteiger partial charge in [-0.1, -0.05) is 13.8 Å². The van der Waals surface area contributed by atoms with Crippen molar-refractivity contribution in [3.05, 3.63) is 30.1 Å². The fourth-order valence-electron chi connectivity index (χ4n) is 2.58. The molecule has 1 heterocycles. The molecule has 0 aliphatic heterocycles. The number of hydrogen-bond acceptors (Lipinski definition) is 4. The van der Waals surface area contributed by atoms with Gasteiger partial charge in [-0.15, -0.1) is 0 Å². The van der Waals surface area contributed by atoms with Crippen LogP contribution in [-0.2, 0) is 9.84 Å². The van der Waals surface area contributed by atoms with Crippen molar-refractivity contribution in [2.24, 2.45) is 0 Å². The van der Waals surface area contributed by atoms with Crippen molar-refractivity contribution < 1.29 is 13.2 Å². The van der Waals surface area contributed by atoms with Crippen LogP contribution in [0.3, 0.4) is 0 Å². The zero-order valence-corrected chi connectivity index (χ0v) is 13.8. The summed E-state index contributed by atoms with van der Waals surface area (Å²) in [5.41, 5.74) is 2.03. The fourth-order valence-corrected chi connectivity index (χ4v) is 3.96. The average molecular weight is 323 g/mol. The number of fused-ring (bicyclic) bond motifs is 1. The first-order valence-corrected chi connectivity index (χ1v) is 9.13. The first kappa shape index (κ1) is 16.5. The van der Waals surface area contributed by atoms with Gasteiger partial charge in [-0.05, 0) is 31.0 Å². The van der Waals surface area contributed by atoms with Gasteiger partial charge in [0.1, 0.15) is 0 Å². The van der Waals surface area contributed by atoms with Crippen LogP contribution in [0.1, 0.15) is 37.0 Å². The fraction of sp³-hybridized carbons (Fsp3) is 0.467. The van der Waals surface area contributed by atoms with Crippen molar-refractivity contribution in [1.82, 2.24) is 15.3 Å². The number of nitrogens with one attached hydrogen (secondary N) is 2. The number of aromatic nitrogens is 2. The van der Waals surface area contributed by atoms with Crippen LogP contribution in [-0.4, -0.2) is 41.8 Å². The molecule has 120 valence electrons. The number of sulfone groups is 1. The van der Waals surface area contributed by atoms with Crippen LogP contribution in [0.15, 0.2) is 24.5 Å². The third-order valence-corrected chi connectivity index (χ3v) is 6.62. The summed E-state index contributed by atoms with van der Waals surface area (Å²) in [7, 11) is -3.26. The molecule has 0 spiro atoms. The summed E-state index contributed by atoms with van der Waals surface area (Å²) in [4.78, 5) is 19.3. The van der Waals surface area contributed by atoms with E-state index in [-0.39, 0.29) is 12.5 Å². The molecule has 22 heavy (non-hydrogen) atoms. The van der Waals surface area contributed by atoms with Crippen LogP contribution in [0, 0.1) is 0 Å². The second kappa shape index (κ2) is 6.08. The van der Waals surface area contributed by atoms with Gasteiger partial charge < -0.3 is 10.3 Å². The molecule has 2 N–H and O–H groups in total. The lowest BCUT2D eigenvalue weighted by Crippen LogP contribution is -2.47. The van der Waals surface area contributed by atoms with Crippen LogP contribution >= 0.6 is 0 Å². The molecule has 7 heteroatoms. The predicted molar refractivity (Wildman–Crippen MR) is 86.6 cm³/mol. The monoisotopic (exact) mass is 323 g/mol. The lowest BCUT2D eigenvalue weighted by Gasteiger charge is -2.29. The normalized spacial score (nSPS) is 12.5. The van der Waals surface area contributed by atoms with Crippen molar-refractivity contribution in [3.63, 3.8) is 0 Å². The maximum atomic E-state index is 12.3. The number of hydrogen-bond donors (Lipinski definition) is 2. The van der Waals surface area contributed by atoms with E-state index in [2.05, 4.69) is 15.3 Å². The topological polar surface area (TPSA) is 91.9 Å². The Balaban J connectivity index is 2.17. The first-order chi connectivity index (χ1) is 10.3. The second-order valence-corrected chi connectivity index (χ2v) is 7.89. The van der Waals surface area contributed by atoms with Gasteiger partial charge in [0.15, 0.2) is 9.84 Å². The maximum absolute atomic E-state index is 12.3. The molecule has 0 fully saturated rings. The minimum atomic E-state index is -3.26. The summed E-state index contributed by atoms with van der Waals surface area (Å²) in [6.07, 6.45) is 3.71. The minimum Gasteiger partial charge on any atom is -0.350 e.